The van der Waals surface area contributed by atoms with E-state index in [-0.39, 0.29) is 5.41 Å². The van der Waals surface area contributed by atoms with Gasteiger partial charge in [-0.05, 0) is 23.1 Å². The van der Waals surface area contributed by atoms with Crippen LogP contribution in [0.5, 0.6) is 5.75 Å². The lowest BCUT2D eigenvalue weighted by atomic mass is 9.96. The molecule has 2 nitrogen and oxygen atoms in total. The number of alkyl halides is 1. The van der Waals surface area contributed by atoms with Crippen LogP contribution in [-0.2, 0) is 13.0 Å². The fourth-order valence-electron chi connectivity index (χ4n) is 2.06. The first-order valence-electron chi connectivity index (χ1n) is 6.23. The Hall–Kier alpha value is -0.250. The number of hydrogen-bond donors (Lipinski definition) is 1. The minimum atomic E-state index is 0.123. The van der Waals surface area contributed by atoms with E-state index in [1.165, 1.54) is 11.1 Å². The molecule has 100 valence electrons. The normalized spacial score (nSPS) is 14.4. The van der Waals surface area contributed by atoms with E-state index in [0.29, 0.717) is 5.88 Å². The zero-order valence-electron chi connectivity index (χ0n) is 10.9. The molecule has 1 aliphatic rings. The van der Waals surface area contributed by atoms with Crippen LogP contribution in [0.1, 0.15) is 25.0 Å². The molecule has 4 heteroatoms. The van der Waals surface area contributed by atoms with Crippen LogP contribution in [-0.4, -0.2) is 19.0 Å². The summed E-state index contributed by atoms with van der Waals surface area (Å²) in [6.45, 7) is 6.84. The second-order valence-electron chi connectivity index (χ2n) is 5.55. The summed E-state index contributed by atoms with van der Waals surface area (Å²) in [7, 11) is 0. The second kappa shape index (κ2) is 5.81. The van der Waals surface area contributed by atoms with Crippen molar-refractivity contribution in [2.75, 3.05) is 19.0 Å². The third-order valence-electron chi connectivity index (χ3n) is 3.11. The largest absolute Gasteiger partial charge is 0.493 e. The summed E-state index contributed by atoms with van der Waals surface area (Å²) < 4.78 is 6.83. The molecule has 0 atom stereocenters. The first-order valence-corrected chi connectivity index (χ1v) is 7.55. The molecule has 0 amide bonds. The van der Waals surface area contributed by atoms with Gasteiger partial charge in [-0.15, -0.1) is 11.6 Å². The third kappa shape index (κ3) is 3.40. The SMILES string of the molecule is CC(C)(CCl)CNCc1cc(Br)cc2c1OCC2. The average Bonchev–Trinajstić information content (AvgIpc) is 2.76. The lowest BCUT2D eigenvalue weighted by Crippen LogP contribution is -2.30. The van der Waals surface area contributed by atoms with Crippen LogP contribution in [0.3, 0.4) is 0 Å². The topological polar surface area (TPSA) is 21.3 Å². The molecule has 0 unspecified atom stereocenters. The van der Waals surface area contributed by atoms with Crippen molar-refractivity contribution in [3.63, 3.8) is 0 Å². The van der Waals surface area contributed by atoms with Crippen LogP contribution >= 0.6 is 27.5 Å². The van der Waals surface area contributed by atoms with Crippen LogP contribution in [0.2, 0.25) is 0 Å². The van der Waals surface area contributed by atoms with Gasteiger partial charge in [0.2, 0.25) is 0 Å². The molecule has 0 radical (unpaired) electrons. The van der Waals surface area contributed by atoms with E-state index in [1.54, 1.807) is 0 Å². The van der Waals surface area contributed by atoms with Gasteiger partial charge in [-0.3, -0.25) is 0 Å². The molecule has 0 aliphatic carbocycles. The number of halogens is 2. The molecule has 18 heavy (non-hydrogen) atoms. The van der Waals surface area contributed by atoms with Gasteiger partial charge in [0.15, 0.2) is 0 Å². The molecule has 1 aliphatic heterocycles. The lowest BCUT2D eigenvalue weighted by Gasteiger charge is -2.22. The molecule has 0 aromatic heterocycles. The summed E-state index contributed by atoms with van der Waals surface area (Å²) >= 11 is 9.48. The monoisotopic (exact) mass is 331 g/mol. The maximum Gasteiger partial charge on any atom is 0.127 e. The van der Waals surface area contributed by atoms with Crippen molar-refractivity contribution in [1.29, 1.82) is 0 Å². The first kappa shape index (κ1) is 14.2. The molecule has 1 N–H and O–H groups in total. The predicted octanol–water partition coefficient (Wildman–Crippen LogP) is 3.74. The summed E-state index contributed by atoms with van der Waals surface area (Å²) in [5.74, 6) is 1.72. The van der Waals surface area contributed by atoms with Crippen LogP contribution in [0.15, 0.2) is 16.6 Å². The second-order valence-corrected chi connectivity index (χ2v) is 6.74. The van der Waals surface area contributed by atoms with Crippen LogP contribution < -0.4 is 10.1 Å². The van der Waals surface area contributed by atoms with Crippen molar-refractivity contribution >= 4 is 27.5 Å². The van der Waals surface area contributed by atoms with Crippen molar-refractivity contribution < 1.29 is 4.74 Å². The minimum Gasteiger partial charge on any atom is -0.493 e. The quantitative estimate of drug-likeness (QED) is 0.829. The van der Waals surface area contributed by atoms with Gasteiger partial charge in [0.25, 0.3) is 0 Å². The first-order chi connectivity index (χ1) is 8.52. The number of ether oxygens (including phenoxy) is 1. The Morgan fingerprint density at radius 3 is 2.94 bits per heavy atom. The van der Waals surface area contributed by atoms with Crippen molar-refractivity contribution in [2.24, 2.45) is 5.41 Å². The van der Waals surface area contributed by atoms with E-state index >= 15 is 0 Å². The van der Waals surface area contributed by atoms with Crippen molar-refractivity contribution in [3.8, 4) is 5.75 Å². The van der Waals surface area contributed by atoms with Gasteiger partial charge in [0.1, 0.15) is 5.75 Å². The van der Waals surface area contributed by atoms with Crippen LogP contribution in [0.4, 0.5) is 0 Å². The van der Waals surface area contributed by atoms with E-state index < -0.39 is 0 Å². The molecule has 0 bridgehead atoms. The van der Waals surface area contributed by atoms with E-state index in [9.17, 15) is 0 Å². The van der Waals surface area contributed by atoms with Gasteiger partial charge in [0.05, 0.1) is 6.61 Å². The fourth-order valence-corrected chi connectivity index (χ4v) is 2.71. The number of hydrogen-bond acceptors (Lipinski definition) is 2. The number of nitrogens with one attached hydrogen (secondary N) is 1. The Bertz CT molecular complexity index is 434. The standard InChI is InChI=1S/C14H19BrClNO/c1-14(2,8-16)9-17-7-11-6-12(15)5-10-3-4-18-13(10)11/h5-6,17H,3-4,7-9H2,1-2H3. The van der Waals surface area contributed by atoms with Crippen molar-refractivity contribution in [3.05, 3.63) is 27.7 Å². The van der Waals surface area contributed by atoms with Gasteiger partial charge in [-0.1, -0.05) is 29.8 Å². The molecule has 0 saturated heterocycles. The Morgan fingerprint density at radius 2 is 2.22 bits per heavy atom. The molecule has 2 rings (SSSR count). The molecule has 0 fully saturated rings. The minimum absolute atomic E-state index is 0.123. The van der Waals surface area contributed by atoms with Crippen LogP contribution in [0.25, 0.3) is 0 Å². The van der Waals surface area contributed by atoms with Gasteiger partial charge >= 0.3 is 0 Å². The highest BCUT2D eigenvalue weighted by molar-refractivity contribution is 9.10. The van der Waals surface area contributed by atoms with Gasteiger partial charge in [0, 0.05) is 35.4 Å². The van der Waals surface area contributed by atoms with Gasteiger partial charge in [-0.2, -0.15) is 0 Å². The summed E-state index contributed by atoms with van der Waals surface area (Å²) in [5, 5.41) is 3.46. The van der Waals surface area contributed by atoms with Crippen molar-refractivity contribution in [2.45, 2.75) is 26.8 Å². The predicted molar refractivity (Wildman–Crippen MR) is 79.5 cm³/mol. The fraction of sp³-hybridized carbons (Fsp3) is 0.571. The summed E-state index contributed by atoms with van der Waals surface area (Å²) in [5.41, 5.74) is 2.65. The van der Waals surface area contributed by atoms with Gasteiger partial charge in [-0.25, -0.2) is 0 Å². The summed E-state index contributed by atoms with van der Waals surface area (Å²) in [4.78, 5) is 0. The summed E-state index contributed by atoms with van der Waals surface area (Å²) in [6.07, 6.45) is 1.01. The Balaban J connectivity index is 2.02. The zero-order chi connectivity index (χ0) is 13.2. The third-order valence-corrected chi connectivity index (χ3v) is 4.29. The number of benzene rings is 1. The highest BCUT2D eigenvalue weighted by atomic mass is 79.9. The van der Waals surface area contributed by atoms with E-state index in [0.717, 1.165) is 36.3 Å². The Morgan fingerprint density at radius 1 is 1.44 bits per heavy atom. The summed E-state index contributed by atoms with van der Waals surface area (Å²) in [6, 6.07) is 4.28. The molecule has 0 saturated carbocycles. The van der Waals surface area contributed by atoms with E-state index in [1.807, 2.05) is 0 Å². The van der Waals surface area contributed by atoms with Gasteiger partial charge < -0.3 is 10.1 Å². The zero-order valence-corrected chi connectivity index (χ0v) is 13.2. The maximum absolute atomic E-state index is 5.92. The molecule has 1 heterocycles. The molecular weight excluding hydrogens is 314 g/mol. The Kier molecular flexibility index (Phi) is 4.57. The lowest BCUT2D eigenvalue weighted by molar-refractivity contribution is 0.348. The molecule has 1 aromatic carbocycles. The van der Waals surface area contributed by atoms with Crippen LogP contribution in [0, 0.1) is 5.41 Å². The number of rotatable bonds is 5. The highest BCUT2D eigenvalue weighted by Crippen LogP contribution is 2.33. The van der Waals surface area contributed by atoms with Crippen molar-refractivity contribution in [1.82, 2.24) is 5.32 Å². The number of fused-ring (bicyclic) bond motifs is 1. The van der Waals surface area contributed by atoms with E-state index in [2.05, 4.69) is 47.2 Å². The Labute approximate surface area is 122 Å². The smallest absolute Gasteiger partial charge is 0.127 e. The highest BCUT2D eigenvalue weighted by Gasteiger charge is 2.19. The molecule has 0 spiro atoms. The maximum atomic E-state index is 5.92. The molecular formula is C14H19BrClNO. The molecule has 1 aromatic rings. The van der Waals surface area contributed by atoms with E-state index in [4.69, 9.17) is 16.3 Å². The average molecular weight is 333 g/mol.